The Morgan fingerprint density at radius 3 is 2.83 bits per heavy atom. The number of carbonyl (C=O) groups is 1. The van der Waals surface area contributed by atoms with Crippen LogP contribution < -0.4 is 0 Å². The lowest BCUT2D eigenvalue weighted by molar-refractivity contribution is 0.0240. The lowest BCUT2D eigenvalue weighted by Gasteiger charge is -2.16. The maximum atomic E-state index is 13.0. The summed E-state index contributed by atoms with van der Waals surface area (Å²) in [4.78, 5) is 16.2. The summed E-state index contributed by atoms with van der Waals surface area (Å²) in [5, 5.41) is 30.8. The van der Waals surface area contributed by atoms with E-state index in [1.54, 1.807) is 0 Å². The van der Waals surface area contributed by atoms with Gasteiger partial charge in [0.2, 0.25) is 5.95 Å². The van der Waals surface area contributed by atoms with Gasteiger partial charge in [-0.15, -0.1) is 0 Å². The van der Waals surface area contributed by atoms with Gasteiger partial charge in [0, 0.05) is 16.7 Å². The van der Waals surface area contributed by atoms with Crippen molar-refractivity contribution in [3.63, 3.8) is 0 Å². The van der Waals surface area contributed by atoms with Crippen LogP contribution in [0.1, 0.15) is 22.0 Å². The van der Waals surface area contributed by atoms with Gasteiger partial charge in [-0.1, -0.05) is 5.11 Å². The van der Waals surface area contributed by atoms with Crippen molar-refractivity contribution in [1.82, 2.24) is 4.98 Å². The Bertz CT molecular complexity index is 503. The summed E-state index contributed by atoms with van der Waals surface area (Å²) in [5.74, 6) is -2.73. The third kappa shape index (κ3) is 3.14. The molecule has 1 heterocycles. The number of aliphatic hydroxyl groups is 2. The Kier molecular flexibility index (Phi) is 4.55. The van der Waals surface area contributed by atoms with E-state index in [0.29, 0.717) is 0 Å². The van der Waals surface area contributed by atoms with Crippen molar-refractivity contribution in [3.05, 3.63) is 39.8 Å². The smallest absolute Gasteiger partial charge is 0.340 e. The van der Waals surface area contributed by atoms with Crippen molar-refractivity contribution < 1.29 is 24.5 Å². The number of carboxylic acid groups (broad SMARTS) is 1. The molecule has 2 unspecified atom stereocenters. The van der Waals surface area contributed by atoms with E-state index in [4.69, 9.17) is 10.6 Å². The van der Waals surface area contributed by atoms with Crippen LogP contribution in [0, 0.1) is 5.95 Å². The van der Waals surface area contributed by atoms with Crippen molar-refractivity contribution in [2.75, 3.05) is 6.54 Å². The van der Waals surface area contributed by atoms with E-state index in [9.17, 15) is 19.4 Å². The fraction of sp³-hybridized carbons (Fsp3) is 0.333. The van der Waals surface area contributed by atoms with E-state index >= 15 is 0 Å². The quantitative estimate of drug-likeness (QED) is 0.306. The molecule has 0 aliphatic heterocycles. The molecule has 1 aromatic heterocycles. The number of pyridine rings is 1. The monoisotopic (exact) mass is 256 g/mol. The summed E-state index contributed by atoms with van der Waals surface area (Å²) < 4.78 is 13.0. The zero-order valence-corrected chi connectivity index (χ0v) is 8.93. The van der Waals surface area contributed by atoms with E-state index in [1.165, 1.54) is 0 Å². The van der Waals surface area contributed by atoms with Crippen LogP contribution in [-0.4, -0.2) is 38.9 Å². The van der Waals surface area contributed by atoms with Crippen LogP contribution in [0.15, 0.2) is 17.4 Å². The summed E-state index contributed by atoms with van der Waals surface area (Å²) in [7, 11) is 0. The molecule has 0 amide bonds. The Morgan fingerprint density at radius 2 is 2.28 bits per heavy atom. The second-order valence-electron chi connectivity index (χ2n) is 3.34. The minimum Gasteiger partial charge on any atom is -0.478 e. The van der Waals surface area contributed by atoms with Gasteiger partial charge in [0.25, 0.3) is 0 Å². The van der Waals surface area contributed by atoms with Gasteiger partial charge >= 0.3 is 5.97 Å². The molecule has 0 fully saturated rings. The highest BCUT2D eigenvalue weighted by Crippen LogP contribution is 2.19. The van der Waals surface area contributed by atoms with Gasteiger partial charge in [-0.3, -0.25) is 0 Å². The Balaban J connectivity index is 2.99. The molecule has 2 atom stereocenters. The number of aromatic nitrogens is 1. The number of carboxylic acids is 1. The van der Waals surface area contributed by atoms with E-state index in [2.05, 4.69) is 15.0 Å². The lowest BCUT2D eigenvalue weighted by Crippen LogP contribution is -2.22. The zero-order valence-electron chi connectivity index (χ0n) is 8.93. The van der Waals surface area contributed by atoms with Gasteiger partial charge in [0.05, 0.1) is 12.6 Å². The fourth-order valence-corrected chi connectivity index (χ4v) is 1.22. The van der Waals surface area contributed by atoms with Crippen molar-refractivity contribution in [3.8, 4) is 0 Å². The zero-order chi connectivity index (χ0) is 13.7. The van der Waals surface area contributed by atoms with E-state index in [1.807, 2.05) is 0 Å². The van der Waals surface area contributed by atoms with Gasteiger partial charge in [-0.2, -0.15) is 4.39 Å². The Labute approximate surface area is 100.0 Å². The molecule has 0 radical (unpaired) electrons. The molecule has 0 saturated carbocycles. The number of azide groups is 1. The summed E-state index contributed by atoms with van der Waals surface area (Å²) in [6.45, 7) is -0.405. The first-order valence-electron chi connectivity index (χ1n) is 4.73. The molecule has 3 N–H and O–H groups in total. The largest absolute Gasteiger partial charge is 0.478 e. The van der Waals surface area contributed by atoms with Crippen molar-refractivity contribution >= 4 is 5.97 Å². The van der Waals surface area contributed by atoms with Crippen molar-refractivity contribution in [2.24, 2.45) is 5.11 Å². The van der Waals surface area contributed by atoms with Crippen LogP contribution in [0.5, 0.6) is 0 Å². The maximum Gasteiger partial charge on any atom is 0.340 e. The molecule has 0 aliphatic carbocycles. The highest BCUT2D eigenvalue weighted by molar-refractivity contribution is 5.87. The van der Waals surface area contributed by atoms with Gasteiger partial charge in [-0.05, 0) is 11.6 Å². The Hall–Kier alpha value is -2.22. The molecule has 1 rings (SSSR count). The van der Waals surface area contributed by atoms with Crippen LogP contribution in [0.4, 0.5) is 4.39 Å². The molecule has 18 heavy (non-hydrogen) atoms. The highest BCUT2D eigenvalue weighted by Gasteiger charge is 2.21. The average molecular weight is 256 g/mol. The topological polar surface area (TPSA) is 139 Å². The third-order valence-corrected chi connectivity index (χ3v) is 2.13. The summed E-state index contributed by atoms with van der Waals surface area (Å²) in [6, 6.07) is 0.856. The van der Waals surface area contributed by atoms with Gasteiger partial charge in [-0.25, -0.2) is 9.78 Å². The van der Waals surface area contributed by atoms with Crippen LogP contribution >= 0.6 is 0 Å². The van der Waals surface area contributed by atoms with Crippen LogP contribution in [0.25, 0.3) is 10.4 Å². The van der Waals surface area contributed by atoms with Gasteiger partial charge in [0.15, 0.2) is 0 Å². The normalized spacial score (nSPS) is 13.5. The SMILES string of the molecule is [N-]=[N+]=NCC(O)C(O)c1cnc(F)c(C(=O)O)c1. The summed E-state index contributed by atoms with van der Waals surface area (Å²) in [6.07, 6.45) is -2.07. The lowest BCUT2D eigenvalue weighted by atomic mass is 10.0. The average Bonchev–Trinajstić information content (AvgIpc) is 2.35. The molecular formula is C9H9FN4O4. The number of aromatic carboxylic acids is 1. The predicted octanol–water partition coefficient (Wildman–Crippen LogP) is 0.623. The second-order valence-corrected chi connectivity index (χ2v) is 3.34. The molecule has 1 aromatic rings. The van der Waals surface area contributed by atoms with E-state index in [-0.39, 0.29) is 5.56 Å². The van der Waals surface area contributed by atoms with Crippen LogP contribution in [0.3, 0.4) is 0 Å². The van der Waals surface area contributed by atoms with E-state index in [0.717, 1.165) is 12.3 Å². The minimum atomic E-state index is -1.54. The molecule has 0 saturated heterocycles. The molecular weight excluding hydrogens is 247 g/mol. The first-order chi connectivity index (χ1) is 8.47. The highest BCUT2D eigenvalue weighted by atomic mass is 19.1. The van der Waals surface area contributed by atoms with E-state index < -0.39 is 36.2 Å². The number of rotatable bonds is 5. The third-order valence-electron chi connectivity index (χ3n) is 2.13. The standard InChI is InChI=1S/C9H9FN4O4/c10-8-5(9(17)18)1-4(2-12-8)7(16)6(15)3-13-14-11/h1-2,6-7,15-16H,3H2,(H,17,18). The molecule has 8 nitrogen and oxygen atoms in total. The first kappa shape index (κ1) is 13.8. The Morgan fingerprint density at radius 1 is 1.61 bits per heavy atom. The van der Waals surface area contributed by atoms with Crippen molar-refractivity contribution in [1.29, 1.82) is 0 Å². The first-order valence-corrected chi connectivity index (χ1v) is 4.73. The molecule has 0 aliphatic rings. The summed E-state index contributed by atoms with van der Waals surface area (Å²) >= 11 is 0. The predicted molar refractivity (Wildman–Crippen MR) is 56.1 cm³/mol. The fourth-order valence-electron chi connectivity index (χ4n) is 1.22. The van der Waals surface area contributed by atoms with Gasteiger partial charge in [0.1, 0.15) is 11.7 Å². The molecule has 9 heteroatoms. The van der Waals surface area contributed by atoms with Crippen molar-refractivity contribution in [2.45, 2.75) is 12.2 Å². The maximum absolute atomic E-state index is 13.0. The molecule has 0 aromatic carbocycles. The number of halogens is 1. The van der Waals surface area contributed by atoms with Gasteiger partial charge < -0.3 is 15.3 Å². The second kappa shape index (κ2) is 5.92. The molecule has 96 valence electrons. The number of hydrogen-bond donors (Lipinski definition) is 3. The number of nitrogens with zero attached hydrogens (tertiary/aromatic N) is 4. The number of hydrogen-bond acceptors (Lipinski definition) is 5. The van der Waals surface area contributed by atoms with Crippen LogP contribution in [0.2, 0.25) is 0 Å². The molecule has 0 bridgehead atoms. The minimum absolute atomic E-state index is 0.0885. The summed E-state index contributed by atoms with van der Waals surface area (Å²) in [5.41, 5.74) is 7.24. The molecule has 0 spiro atoms. The van der Waals surface area contributed by atoms with Crippen LogP contribution in [-0.2, 0) is 0 Å². The number of aliphatic hydroxyl groups excluding tert-OH is 2.